The van der Waals surface area contributed by atoms with Crippen molar-refractivity contribution in [3.8, 4) is 11.4 Å². The number of tetrazole rings is 1. The van der Waals surface area contributed by atoms with E-state index in [1.165, 1.54) is 0 Å². The summed E-state index contributed by atoms with van der Waals surface area (Å²) in [5.74, 6) is 1.59. The van der Waals surface area contributed by atoms with Crippen LogP contribution in [0.4, 0.5) is 5.95 Å². The molecule has 7 nitrogen and oxygen atoms in total. The molecule has 1 aromatic heterocycles. The fraction of sp³-hybridized carbons (Fsp3) is 0.227. The Hall–Kier alpha value is -3.45. The van der Waals surface area contributed by atoms with Gasteiger partial charge in [0.25, 0.3) is 5.95 Å². The van der Waals surface area contributed by atoms with Crippen LogP contribution in [0.1, 0.15) is 11.7 Å². The lowest BCUT2D eigenvalue weighted by molar-refractivity contribution is 0.0391. The highest BCUT2D eigenvalue weighted by molar-refractivity contribution is 5.84. The number of benzene rings is 3. The number of hydrogen-bond acceptors (Lipinski definition) is 6. The molecular weight excluding hydrogens is 366 g/mol. The molecular formula is C22H21N5O2. The Morgan fingerprint density at radius 2 is 1.83 bits per heavy atom. The fourth-order valence-electron chi connectivity index (χ4n) is 3.72. The van der Waals surface area contributed by atoms with Gasteiger partial charge in [0, 0.05) is 6.54 Å². The van der Waals surface area contributed by atoms with E-state index in [-0.39, 0.29) is 6.10 Å². The second-order valence-corrected chi connectivity index (χ2v) is 7.00. The van der Waals surface area contributed by atoms with E-state index in [9.17, 15) is 0 Å². The first-order chi connectivity index (χ1) is 14.3. The minimum Gasteiger partial charge on any atom is -0.497 e. The van der Waals surface area contributed by atoms with Gasteiger partial charge < -0.3 is 14.4 Å². The van der Waals surface area contributed by atoms with E-state index >= 15 is 0 Å². The number of morpholine rings is 1. The molecule has 0 aliphatic carbocycles. The van der Waals surface area contributed by atoms with Gasteiger partial charge >= 0.3 is 0 Å². The molecule has 1 saturated heterocycles. The van der Waals surface area contributed by atoms with E-state index < -0.39 is 0 Å². The third-order valence-corrected chi connectivity index (χ3v) is 5.25. The van der Waals surface area contributed by atoms with Gasteiger partial charge in [-0.05, 0) is 57.1 Å². The summed E-state index contributed by atoms with van der Waals surface area (Å²) in [7, 11) is 1.68. The highest BCUT2D eigenvalue weighted by Gasteiger charge is 2.26. The van der Waals surface area contributed by atoms with Crippen molar-refractivity contribution in [1.29, 1.82) is 0 Å². The molecule has 7 heteroatoms. The second kappa shape index (κ2) is 7.52. The minimum absolute atomic E-state index is 0.0452. The molecule has 0 saturated carbocycles. The molecule has 4 aromatic rings. The first kappa shape index (κ1) is 17.6. The van der Waals surface area contributed by atoms with Crippen molar-refractivity contribution in [2.45, 2.75) is 6.10 Å². The molecule has 29 heavy (non-hydrogen) atoms. The summed E-state index contributed by atoms with van der Waals surface area (Å²) in [6.07, 6.45) is -0.0452. The Morgan fingerprint density at radius 1 is 1.00 bits per heavy atom. The van der Waals surface area contributed by atoms with Crippen molar-refractivity contribution < 1.29 is 9.47 Å². The molecule has 146 valence electrons. The van der Waals surface area contributed by atoms with Gasteiger partial charge in [-0.3, -0.25) is 0 Å². The number of ether oxygens (including phenoxy) is 2. The van der Waals surface area contributed by atoms with Crippen LogP contribution in [0.3, 0.4) is 0 Å². The maximum atomic E-state index is 6.09. The Morgan fingerprint density at radius 3 is 2.69 bits per heavy atom. The number of aromatic nitrogens is 4. The minimum atomic E-state index is -0.0452. The summed E-state index contributed by atoms with van der Waals surface area (Å²) < 4.78 is 13.2. The molecule has 0 spiro atoms. The van der Waals surface area contributed by atoms with Gasteiger partial charge in [0.15, 0.2) is 0 Å². The van der Waals surface area contributed by atoms with Crippen molar-refractivity contribution >= 4 is 16.7 Å². The van der Waals surface area contributed by atoms with Crippen LogP contribution in [-0.2, 0) is 4.74 Å². The average Bonchev–Trinajstić information content (AvgIpc) is 3.29. The smallest absolute Gasteiger partial charge is 0.250 e. The Kier molecular flexibility index (Phi) is 4.57. The summed E-state index contributed by atoms with van der Waals surface area (Å²) in [5, 5.41) is 14.7. The van der Waals surface area contributed by atoms with Gasteiger partial charge in [0.05, 0.1) is 25.9 Å². The van der Waals surface area contributed by atoms with Crippen molar-refractivity contribution in [1.82, 2.24) is 20.2 Å². The van der Waals surface area contributed by atoms with Gasteiger partial charge in [-0.2, -0.15) is 4.68 Å². The Balaban J connectivity index is 1.42. The highest BCUT2D eigenvalue weighted by Crippen LogP contribution is 2.29. The average molecular weight is 387 g/mol. The van der Waals surface area contributed by atoms with Crippen LogP contribution in [0, 0.1) is 0 Å². The van der Waals surface area contributed by atoms with Crippen LogP contribution in [0.15, 0.2) is 66.7 Å². The number of fused-ring (bicyclic) bond motifs is 1. The summed E-state index contributed by atoms with van der Waals surface area (Å²) in [4.78, 5) is 2.18. The van der Waals surface area contributed by atoms with E-state index in [4.69, 9.17) is 9.47 Å². The molecule has 2 heterocycles. The number of hydrogen-bond donors (Lipinski definition) is 0. The largest absolute Gasteiger partial charge is 0.497 e. The van der Waals surface area contributed by atoms with E-state index in [0.29, 0.717) is 13.2 Å². The Labute approximate surface area is 168 Å². The zero-order valence-corrected chi connectivity index (χ0v) is 16.1. The number of anilines is 1. The lowest BCUT2D eigenvalue weighted by Crippen LogP contribution is -2.39. The third-order valence-electron chi connectivity index (χ3n) is 5.25. The number of nitrogens with zero attached hydrogens (tertiary/aromatic N) is 5. The van der Waals surface area contributed by atoms with E-state index in [2.05, 4.69) is 44.7 Å². The first-order valence-electron chi connectivity index (χ1n) is 9.60. The van der Waals surface area contributed by atoms with Crippen LogP contribution in [0.5, 0.6) is 5.75 Å². The molecule has 3 aromatic carbocycles. The maximum absolute atomic E-state index is 6.09. The lowest BCUT2D eigenvalue weighted by atomic mass is 10.0. The SMILES string of the molecule is COc1ccc2cc([C@@H]3CN(c4nnnn4-c4ccccc4)CCO3)ccc2c1. The van der Waals surface area contributed by atoms with Crippen LogP contribution >= 0.6 is 0 Å². The first-order valence-corrected chi connectivity index (χ1v) is 9.60. The van der Waals surface area contributed by atoms with Gasteiger partial charge in [0.1, 0.15) is 11.9 Å². The molecule has 0 radical (unpaired) electrons. The van der Waals surface area contributed by atoms with E-state index in [1.54, 1.807) is 11.8 Å². The predicted molar refractivity (Wildman–Crippen MR) is 111 cm³/mol. The summed E-state index contributed by atoms with van der Waals surface area (Å²) >= 11 is 0. The van der Waals surface area contributed by atoms with Crippen molar-refractivity contribution in [3.05, 3.63) is 72.3 Å². The highest BCUT2D eigenvalue weighted by atomic mass is 16.5. The fourth-order valence-corrected chi connectivity index (χ4v) is 3.72. The maximum Gasteiger partial charge on any atom is 0.250 e. The van der Waals surface area contributed by atoms with Crippen molar-refractivity contribution in [2.75, 3.05) is 31.7 Å². The Bertz CT molecular complexity index is 1130. The second-order valence-electron chi connectivity index (χ2n) is 7.00. The molecule has 0 amide bonds. The van der Waals surface area contributed by atoms with Gasteiger partial charge in [0.2, 0.25) is 0 Å². The van der Waals surface area contributed by atoms with E-state index in [1.807, 2.05) is 42.5 Å². The predicted octanol–water partition coefficient (Wildman–Crippen LogP) is 3.40. The number of methoxy groups -OCH3 is 1. The zero-order chi connectivity index (χ0) is 19.6. The van der Waals surface area contributed by atoms with Gasteiger partial charge in [-0.15, -0.1) is 0 Å². The molecule has 1 aliphatic heterocycles. The lowest BCUT2D eigenvalue weighted by Gasteiger charge is -2.33. The van der Waals surface area contributed by atoms with Crippen LogP contribution in [0.2, 0.25) is 0 Å². The van der Waals surface area contributed by atoms with Crippen LogP contribution in [-0.4, -0.2) is 47.0 Å². The third kappa shape index (κ3) is 3.40. The topological polar surface area (TPSA) is 65.3 Å². The molecule has 0 N–H and O–H groups in total. The van der Waals surface area contributed by atoms with Gasteiger partial charge in [-0.25, -0.2) is 0 Å². The monoisotopic (exact) mass is 387 g/mol. The normalized spacial score (nSPS) is 16.9. The number of para-hydroxylation sites is 1. The summed E-state index contributed by atoms with van der Waals surface area (Å²) in [6, 6.07) is 22.4. The molecule has 0 unspecified atom stereocenters. The van der Waals surface area contributed by atoms with Crippen molar-refractivity contribution in [3.63, 3.8) is 0 Å². The molecule has 0 bridgehead atoms. The molecule has 1 aliphatic rings. The van der Waals surface area contributed by atoms with Crippen molar-refractivity contribution in [2.24, 2.45) is 0 Å². The molecule has 1 fully saturated rings. The summed E-state index contributed by atoms with van der Waals surface area (Å²) in [6.45, 7) is 2.05. The van der Waals surface area contributed by atoms with E-state index in [0.717, 1.165) is 40.3 Å². The number of rotatable bonds is 4. The molecule has 1 atom stereocenters. The zero-order valence-electron chi connectivity index (χ0n) is 16.1. The van der Waals surface area contributed by atoms with Crippen LogP contribution in [0.25, 0.3) is 16.5 Å². The van der Waals surface area contributed by atoms with Gasteiger partial charge in [-0.1, -0.05) is 41.5 Å². The quantitative estimate of drug-likeness (QED) is 0.535. The standard InChI is InChI=1S/C22H21N5O2/c1-28-20-10-9-16-13-18(8-7-17(16)14-20)21-15-26(11-12-29-21)22-23-24-25-27(22)19-5-3-2-4-6-19/h2-10,13-14,21H,11-12,15H2,1H3/t21-/m0/s1. The van der Waals surface area contributed by atoms with Crippen LogP contribution < -0.4 is 9.64 Å². The summed E-state index contributed by atoms with van der Waals surface area (Å²) in [5.41, 5.74) is 2.08. The molecule has 5 rings (SSSR count).